The first-order valence-electron chi connectivity index (χ1n) is 19.3. The fourth-order valence-corrected chi connectivity index (χ4v) is 7.33. The first-order valence-corrected chi connectivity index (χ1v) is 22.2. The van der Waals surface area contributed by atoms with Gasteiger partial charge in [-0.3, -0.25) is 23.8 Å². The number of unbranched alkanes of at least 4 members (excludes halogenated alkanes) is 15. The Bertz CT molecular complexity index is 2120. The SMILES string of the molecule is CCCCCCCCCCCCCCCCCCOc1ccccc1/N=N/c1c(NC(=O)c2cc(S(=O)(=O)O)cc(S(=O)(=O)O)c2)[nH]n(-c2ccccc2)c1=O. The third kappa shape index (κ3) is 14.1. The molecule has 0 radical (unpaired) electrons. The highest BCUT2D eigenvalue weighted by Gasteiger charge is 2.23. The van der Waals surface area contributed by atoms with E-state index in [-0.39, 0.29) is 11.5 Å². The quantitative estimate of drug-likeness (QED) is 0.0285. The van der Waals surface area contributed by atoms with E-state index in [9.17, 15) is 35.5 Å². The van der Waals surface area contributed by atoms with Crippen molar-refractivity contribution >= 4 is 43.3 Å². The second kappa shape index (κ2) is 22.2. The molecule has 0 atom stereocenters. The molecule has 0 aliphatic carbocycles. The number of carbonyl (C=O) groups excluding carboxylic acids is 1. The Morgan fingerprint density at radius 3 is 1.73 bits per heavy atom. The van der Waals surface area contributed by atoms with Crippen molar-refractivity contribution in [3.8, 4) is 11.4 Å². The Labute approximate surface area is 329 Å². The number of amides is 1. The minimum atomic E-state index is -4.99. The van der Waals surface area contributed by atoms with E-state index in [1.807, 2.05) is 0 Å². The molecule has 0 bridgehead atoms. The van der Waals surface area contributed by atoms with Gasteiger partial charge in [-0.15, -0.1) is 10.2 Å². The molecule has 14 nitrogen and oxygen atoms in total. The summed E-state index contributed by atoms with van der Waals surface area (Å²) >= 11 is 0. The van der Waals surface area contributed by atoms with Gasteiger partial charge in [0.2, 0.25) is 0 Å². The molecule has 0 aliphatic rings. The van der Waals surface area contributed by atoms with Gasteiger partial charge >= 0.3 is 5.56 Å². The number of carbonyl (C=O) groups is 1. The normalized spacial score (nSPS) is 12.0. The number of rotatable bonds is 25. The molecule has 0 saturated heterocycles. The van der Waals surface area contributed by atoms with Crippen molar-refractivity contribution in [1.82, 2.24) is 9.78 Å². The highest BCUT2D eigenvalue weighted by atomic mass is 32.2. The number of para-hydroxylation sites is 2. The molecule has 0 spiro atoms. The summed E-state index contributed by atoms with van der Waals surface area (Å²) in [6.07, 6.45) is 20.3. The van der Waals surface area contributed by atoms with Crippen LogP contribution in [0.15, 0.2) is 97.6 Å². The number of azo groups is 1. The lowest BCUT2D eigenvalue weighted by Gasteiger charge is -2.08. The zero-order chi connectivity index (χ0) is 40.4. The number of benzene rings is 3. The third-order valence-electron chi connectivity index (χ3n) is 9.24. The average Bonchev–Trinajstić information content (AvgIpc) is 3.48. The van der Waals surface area contributed by atoms with Crippen LogP contribution in [0.4, 0.5) is 17.2 Å². The van der Waals surface area contributed by atoms with E-state index >= 15 is 0 Å². The lowest BCUT2D eigenvalue weighted by Crippen LogP contribution is -2.15. The summed E-state index contributed by atoms with van der Waals surface area (Å²) in [5, 5.41) is 13.6. The van der Waals surface area contributed by atoms with Gasteiger partial charge in [0.05, 0.1) is 22.1 Å². The Balaban J connectivity index is 1.36. The molecular weight excluding hydrogens is 759 g/mol. The van der Waals surface area contributed by atoms with Gasteiger partial charge in [-0.25, -0.2) is 4.68 Å². The maximum atomic E-state index is 13.6. The van der Waals surface area contributed by atoms with Crippen LogP contribution in [-0.2, 0) is 20.2 Å². The topological polar surface area (TPSA) is 210 Å². The maximum Gasteiger partial charge on any atom is 0.301 e. The summed E-state index contributed by atoms with van der Waals surface area (Å²) in [6, 6.07) is 17.2. The third-order valence-corrected chi connectivity index (χ3v) is 10.9. The van der Waals surface area contributed by atoms with E-state index in [1.54, 1.807) is 54.6 Å². The van der Waals surface area contributed by atoms with Gasteiger partial charge in [0.1, 0.15) is 11.4 Å². The molecule has 1 heterocycles. The van der Waals surface area contributed by atoms with Crippen LogP contribution < -0.4 is 15.6 Å². The molecule has 1 aromatic heterocycles. The number of nitrogens with zero attached hydrogens (tertiary/aromatic N) is 3. The predicted molar refractivity (Wildman–Crippen MR) is 216 cm³/mol. The highest BCUT2D eigenvalue weighted by molar-refractivity contribution is 7.86. The second-order valence-electron chi connectivity index (χ2n) is 13.7. The van der Waals surface area contributed by atoms with Crippen LogP contribution in [0, 0.1) is 0 Å². The standard InChI is InChI=1S/C40H53N5O9S2/c1-2-3-4-5-6-7-8-9-10-11-12-13-14-15-16-22-27-54-36-26-21-20-25-35(36)42-43-37-38(44-45(40(37)47)32-23-18-17-19-24-32)41-39(46)31-28-33(55(48,49)50)30-34(29-31)56(51,52)53/h17-21,23-26,28-30,44H,2-16,22,27H2,1H3,(H,41,46)(H,48,49,50)(H,51,52,53)/b43-42+. The predicted octanol–water partition coefficient (Wildman–Crippen LogP) is 9.97. The zero-order valence-electron chi connectivity index (χ0n) is 31.9. The van der Waals surface area contributed by atoms with Gasteiger partial charge in [0.15, 0.2) is 11.5 Å². The van der Waals surface area contributed by atoms with Crippen LogP contribution in [0.2, 0.25) is 0 Å². The Morgan fingerprint density at radius 2 is 1.20 bits per heavy atom. The smallest absolute Gasteiger partial charge is 0.301 e. The molecule has 4 aromatic rings. The molecule has 4 rings (SSSR count). The number of aromatic nitrogens is 2. The molecule has 4 N–H and O–H groups in total. The number of anilines is 1. The fourth-order valence-electron chi connectivity index (χ4n) is 6.15. The number of ether oxygens (including phenoxy) is 1. The number of nitrogens with one attached hydrogen (secondary N) is 2. The van der Waals surface area contributed by atoms with Crippen LogP contribution in [0.3, 0.4) is 0 Å². The first kappa shape index (κ1) is 44.1. The summed E-state index contributed by atoms with van der Waals surface area (Å²) in [7, 11) is -9.98. The van der Waals surface area contributed by atoms with Crippen LogP contribution in [-0.4, -0.2) is 48.2 Å². The molecule has 56 heavy (non-hydrogen) atoms. The number of hydrogen-bond acceptors (Lipinski definition) is 9. The van der Waals surface area contributed by atoms with E-state index in [0.29, 0.717) is 41.9 Å². The van der Waals surface area contributed by atoms with Gasteiger partial charge < -0.3 is 10.1 Å². The average molecular weight is 812 g/mol. The molecular formula is C40H53N5O9S2. The monoisotopic (exact) mass is 811 g/mol. The van der Waals surface area contributed by atoms with E-state index in [4.69, 9.17) is 4.74 Å². The van der Waals surface area contributed by atoms with Crippen molar-refractivity contribution in [3.05, 3.63) is 88.7 Å². The van der Waals surface area contributed by atoms with Gasteiger partial charge in [-0.1, -0.05) is 134 Å². The Kier molecular flexibility index (Phi) is 17.5. The Hall–Kier alpha value is -4.64. The summed E-state index contributed by atoms with van der Waals surface area (Å²) in [5.74, 6) is -0.910. The first-order chi connectivity index (χ1) is 26.9. The molecule has 3 aromatic carbocycles. The van der Waals surface area contributed by atoms with E-state index in [0.717, 1.165) is 23.9 Å². The van der Waals surface area contributed by atoms with Crippen molar-refractivity contribution < 1.29 is 35.5 Å². The fraction of sp³-hybridized carbons (Fsp3) is 0.450. The summed E-state index contributed by atoms with van der Waals surface area (Å²) < 4.78 is 73.5. The molecule has 304 valence electrons. The second-order valence-corrected chi connectivity index (χ2v) is 16.6. The highest BCUT2D eigenvalue weighted by Crippen LogP contribution is 2.31. The minimum Gasteiger partial charge on any atom is -0.491 e. The molecule has 0 saturated carbocycles. The summed E-state index contributed by atoms with van der Waals surface area (Å²) in [6.45, 7) is 2.72. The van der Waals surface area contributed by atoms with Crippen LogP contribution in [0.1, 0.15) is 120 Å². The summed E-state index contributed by atoms with van der Waals surface area (Å²) in [4.78, 5) is 25.1. The van der Waals surface area contributed by atoms with Crippen molar-refractivity contribution in [3.63, 3.8) is 0 Å². The molecule has 0 fully saturated rings. The van der Waals surface area contributed by atoms with Crippen molar-refractivity contribution in [2.75, 3.05) is 11.9 Å². The van der Waals surface area contributed by atoms with Gasteiger partial charge in [-0.05, 0) is 48.9 Å². The van der Waals surface area contributed by atoms with Crippen molar-refractivity contribution in [2.45, 2.75) is 119 Å². The van der Waals surface area contributed by atoms with E-state index < -0.39 is 47.1 Å². The van der Waals surface area contributed by atoms with Crippen LogP contribution >= 0.6 is 0 Å². The molecule has 0 unspecified atom stereocenters. The molecule has 16 heteroatoms. The lowest BCUT2D eigenvalue weighted by atomic mass is 10.0. The minimum absolute atomic E-state index is 0.259. The largest absolute Gasteiger partial charge is 0.491 e. The van der Waals surface area contributed by atoms with Gasteiger partial charge in [-0.2, -0.15) is 16.8 Å². The zero-order valence-corrected chi connectivity index (χ0v) is 33.5. The molecule has 0 aliphatic heterocycles. The molecule has 1 amide bonds. The van der Waals surface area contributed by atoms with Crippen molar-refractivity contribution in [1.29, 1.82) is 0 Å². The number of hydrogen-bond donors (Lipinski definition) is 4. The number of H-pyrrole nitrogens is 1. The number of aromatic amines is 1. The van der Waals surface area contributed by atoms with Crippen LogP contribution in [0.5, 0.6) is 5.75 Å². The van der Waals surface area contributed by atoms with Crippen LogP contribution in [0.25, 0.3) is 5.69 Å². The van der Waals surface area contributed by atoms with E-state index in [2.05, 4.69) is 27.6 Å². The maximum absolute atomic E-state index is 13.6. The van der Waals surface area contributed by atoms with E-state index in [1.165, 1.54) is 83.5 Å². The summed E-state index contributed by atoms with van der Waals surface area (Å²) in [5.41, 5.74) is -0.898. The Morgan fingerprint density at radius 1 is 0.696 bits per heavy atom. The van der Waals surface area contributed by atoms with Crippen molar-refractivity contribution in [2.24, 2.45) is 10.2 Å². The van der Waals surface area contributed by atoms with Gasteiger partial charge in [0.25, 0.3) is 26.1 Å². The lowest BCUT2D eigenvalue weighted by molar-refractivity contribution is 0.102. The van der Waals surface area contributed by atoms with Gasteiger partial charge in [0, 0.05) is 5.56 Å².